The molecule has 4 rings (SSSR count). The van der Waals surface area contributed by atoms with Crippen LogP contribution in [-0.2, 0) is 31.8 Å². The maximum Gasteiger partial charge on any atom is 2.00 e. The van der Waals surface area contributed by atoms with E-state index in [4.69, 9.17) is 0 Å². The number of hydrogen-bond donors (Lipinski definition) is 1. The zero-order valence-electron chi connectivity index (χ0n) is 19.7. The Morgan fingerprint density at radius 1 is 0.763 bits per heavy atom. The fourth-order valence-corrected chi connectivity index (χ4v) is 4.72. The van der Waals surface area contributed by atoms with Crippen LogP contribution in [0.15, 0.2) is 68.4 Å². The summed E-state index contributed by atoms with van der Waals surface area (Å²) in [5.41, 5.74) is 2.06. The first kappa shape index (κ1) is 31.7. The van der Waals surface area contributed by atoms with E-state index in [0.29, 0.717) is 28.4 Å². The number of rotatable bonds is 2. The van der Waals surface area contributed by atoms with E-state index in [-0.39, 0.29) is 38.0 Å². The van der Waals surface area contributed by atoms with Gasteiger partial charge in [-0.05, 0) is 51.1 Å². The third kappa shape index (κ3) is 8.22. The fraction of sp³-hybridized carbons (Fsp3) is 0.250. The number of phenols is 1. The summed E-state index contributed by atoms with van der Waals surface area (Å²) in [7, 11) is 0. The normalized spacial score (nSPS) is 16.4. The number of phenolic OH excluding ortho intramolecular Hbond substituents is 1. The summed E-state index contributed by atoms with van der Waals surface area (Å²) >= 11 is 1.99. The van der Waals surface area contributed by atoms with Crippen molar-refractivity contribution in [3.63, 3.8) is 0 Å². The summed E-state index contributed by atoms with van der Waals surface area (Å²) in [5, 5.41) is 17.1. The van der Waals surface area contributed by atoms with E-state index in [1.807, 2.05) is 12.1 Å². The van der Waals surface area contributed by atoms with Gasteiger partial charge in [0.1, 0.15) is 5.75 Å². The molecular formula is C24H18CoF6N2O3S2. The molecule has 0 spiro atoms. The molecule has 1 N–H and O–H groups in total. The molecule has 0 aliphatic carbocycles. The van der Waals surface area contributed by atoms with Crippen molar-refractivity contribution < 1.29 is 57.8 Å². The van der Waals surface area contributed by atoms with E-state index in [9.17, 15) is 41.0 Å². The SMILES string of the molecule is CC(C)(C)c1ccc2c(c1)S/C(=C/C(=O)C(F)(F)F)[N-]2.O=C(/C=C1\[N-]c2ccc(O)cc2S1)C(F)(F)F.[Co+2]. The summed E-state index contributed by atoms with van der Waals surface area (Å²) in [6.07, 6.45) is -8.75. The van der Waals surface area contributed by atoms with Crippen molar-refractivity contribution >= 4 is 46.5 Å². The number of nitrogens with zero attached hydrogens (tertiary/aromatic N) is 2. The van der Waals surface area contributed by atoms with Gasteiger partial charge < -0.3 is 15.7 Å². The van der Waals surface area contributed by atoms with Crippen LogP contribution in [0, 0.1) is 0 Å². The van der Waals surface area contributed by atoms with Gasteiger partial charge in [-0.25, -0.2) is 0 Å². The zero-order valence-corrected chi connectivity index (χ0v) is 22.4. The van der Waals surface area contributed by atoms with E-state index >= 15 is 0 Å². The summed E-state index contributed by atoms with van der Waals surface area (Å²) in [6.45, 7) is 6.15. The number of ketones is 2. The van der Waals surface area contributed by atoms with Crippen LogP contribution in [0.4, 0.5) is 37.7 Å². The zero-order chi connectivity index (χ0) is 27.8. The van der Waals surface area contributed by atoms with Gasteiger partial charge >= 0.3 is 29.1 Å². The number of alkyl halides is 6. The van der Waals surface area contributed by atoms with Gasteiger partial charge in [0.2, 0.25) is 0 Å². The molecule has 0 saturated heterocycles. The molecule has 0 fully saturated rings. The van der Waals surface area contributed by atoms with Gasteiger partial charge in [-0.1, -0.05) is 49.0 Å². The first-order valence-corrected chi connectivity index (χ1v) is 12.0. The third-order valence-electron chi connectivity index (χ3n) is 4.73. The standard InChI is InChI=1S/C14H14F3NOS.C10H6F3NO2S.Co/c1-13(2,3)8-4-5-9-10(6-8)20-12(18-9)7-11(19)14(15,16)17;11-10(12,13)8(16)4-9-14-6-2-1-5(15)3-7(6)17-9;/h4-7H,1-3H3,(H,18,19);1-4H,(H2,14,15,16);/q;;+2/p-2. The Balaban J connectivity index is 0.000000263. The van der Waals surface area contributed by atoms with Crippen LogP contribution in [0.3, 0.4) is 0 Å². The molecule has 0 saturated carbocycles. The maximum atomic E-state index is 12.2. The number of carbonyl (C=O) groups excluding carboxylic acids is 2. The molecule has 0 unspecified atom stereocenters. The molecule has 0 bridgehead atoms. The largest absolute Gasteiger partial charge is 2.00 e. The molecule has 38 heavy (non-hydrogen) atoms. The Morgan fingerprint density at radius 3 is 1.61 bits per heavy atom. The van der Waals surface area contributed by atoms with Crippen LogP contribution in [0.2, 0.25) is 0 Å². The number of halogens is 6. The molecule has 2 aliphatic heterocycles. The first-order chi connectivity index (χ1) is 16.9. The molecule has 2 aromatic rings. The van der Waals surface area contributed by atoms with E-state index in [0.717, 1.165) is 34.0 Å². The average molecular weight is 619 g/mol. The Hall–Kier alpha value is -2.55. The van der Waals surface area contributed by atoms with Crippen LogP contribution in [-0.4, -0.2) is 29.0 Å². The number of thioether (sulfide) groups is 2. The number of aromatic hydroxyl groups is 1. The Bertz CT molecular complexity index is 1300. The average Bonchev–Trinajstić information content (AvgIpc) is 3.33. The van der Waals surface area contributed by atoms with Gasteiger partial charge in [0, 0.05) is 0 Å². The summed E-state index contributed by atoms with van der Waals surface area (Å²) in [6, 6.07) is 9.79. The first-order valence-electron chi connectivity index (χ1n) is 10.4. The van der Waals surface area contributed by atoms with E-state index in [2.05, 4.69) is 31.4 Å². The predicted molar refractivity (Wildman–Crippen MR) is 129 cm³/mol. The molecule has 205 valence electrons. The molecule has 2 aromatic carbocycles. The second-order valence-corrected chi connectivity index (χ2v) is 10.8. The molecule has 5 nitrogen and oxygen atoms in total. The van der Waals surface area contributed by atoms with Crippen molar-refractivity contribution in [2.24, 2.45) is 0 Å². The molecule has 14 heteroatoms. The van der Waals surface area contributed by atoms with Gasteiger partial charge in [0.15, 0.2) is 0 Å². The summed E-state index contributed by atoms with van der Waals surface area (Å²) in [4.78, 5) is 22.9. The number of allylic oxidation sites excluding steroid dienone is 2. The Labute approximate surface area is 232 Å². The predicted octanol–water partition coefficient (Wildman–Crippen LogP) is 8.54. The van der Waals surface area contributed by atoms with Gasteiger partial charge in [-0.2, -0.15) is 26.3 Å². The quantitative estimate of drug-likeness (QED) is 0.269. The summed E-state index contributed by atoms with van der Waals surface area (Å²) < 4.78 is 72.7. The van der Waals surface area contributed by atoms with Crippen LogP contribution in [0.25, 0.3) is 10.6 Å². The van der Waals surface area contributed by atoms with Gasteiger partial charge in [-0.15, -0.1) is 34.9 Å². The van der Waals surface area contributed by atoms with Crippen molar-refractivity contribution in [1.29, 1.82) is 0 Å². The minimum absolute atomic E-state index is 0. The van der Waals surface area contributed by atoms with Crippen molar-refractivity contribution in [1.82, 2.24) is 0 Å². The second kappa shape index (κ2) is 11.7. The summed E-state index contributed by atoms with van der Waals surface area (Å²) in [5.74, 6) is -3.83. The van der Waals surface area contributed by atoms with Gasteiger partial charge in [0.25, 0.3) is 11.6 Å². The van der Waals surface area contributed by atoms with Crippen molar-refractivity contribution in [2.75, 3.05) is 0 Å². The van der Waals surface area contributed by atoms with Crippen LogP contribution < -0.4 is 0 Å². The van der Waals surface area contributed by atoms with Crippen molar-refractivity contribution in [2.45, 2.75) is 48.3 Å². The number of benzene rings is 2. The third-order valence-corrected chi connectivity index (χ3v) is 6.66. The topological polar surface area (TPSA) is 82.6 Å². The van der Waals surface area contributed by atoms with Crippen LogP contribution in [0.1, 0.15) is 26.3 Å². The molecule has 2 heterocycles. The fourth-order valence-electron chi connectivity index (χ4n) is 2.85. The number of carbonyl (C=O) groups is 2. The smallest absolute Gasteiger partial charge is 0.651 e. The van der Waals surface area contributed by atoms with E-state index < -0.39 is 23.9 Å². The number of hydrogen-bond acceptors (Lipinski definition) is 5. The van der Waals surface area contributed by atoms with Gasteiger partial charge in [-0.3, -0.25) is 9.59 Å². The van der Waals surface area contributed by atoms with Crippen molar-refractivity contribution in [3.05, 3.63) is 74.8 Å². The maximum absolute atomic E-state index is 12.2. The molecule has 0 amide bonds. The Morgan fingerprint density at radius 2 is 1.18 bits per heavy atom. The van der Waals surface area contributed by atoms with Crippen LogP contribution >= 0.6 is 23.5 Å². The number of fused-ring (bicyclic) bond motifs is 2. The van der Waals surface area contributed by atoms with Crippen LogP contribution in [0.5, 0.6) is 5.75 Å². The molecule has 0 atom stereocenters. The molecule has 0 aromatic heterocycles. The minimum Gasteiger partial charge on any atom is -0.651 e. The molecular weight excluding hydrogens is 601 g/mol. The molecule has 2 aliphatic rings. The Kier molecular flexibility index (Phi) is 9.73. The monoisotopic (exact) mass is 619 g/mol. The van der Waals surface area contributed by atoms with E-state index in [1.165, 1.54) is 18.2 Å². The minimum atomic E-state index is -4.89. The van der Waals surface area contributed by atoms with Gasteiger partial charge in [0.05, 0.1) is 0 Å². The second-order valence-electron chi connectivity index (χ2n) is 8.70. The van der Waals surface area contributed by atoms with E-state index in [1.54, 1.807) is 6.07 Å². The molecule has 1 radical (unpaired) electrons. The van der Waals surface area contributed by atoms with Crippen molar-refractivity contribution in [3.8, 4) is 5.75 Å².